The Labute approximate surface area is 156 Å². The summed E-state index contributed by atoms with van der Waals surface area (Å²) in [5, 5.41) is 8.62. The molecule has 0 aliphatic carbocycles. The first-order chi connectivity index (χ1) is 11.8. The smallest absolute Gasteiger partial charge is 0.330 e. The zero-order valence-electron chi connectivity index (χ0n) is 17.4. The molecule has 0 radical (unpaired) electrons. The number of aliphatic hydroxyl groups is 1. The van der Waals surface area contributed by atoms with E-state index in [1.807, 2.05) is 6.92 Å². The fourth-order valence-electron chi connectivity index (χ4n) is 3.17. The molecule has 0 rings (SSSR count). The average Bonchev–Trinajstić information content (AvgIpc) is 2.52. The summed E-state index contributed by atoms with van der Waals surface area (Å²) in [6, 6.07) is 0. The van der Waals surface area contributed by atoms with Crippen molar-refractivity contribution in [3.63, 3.8) is 0 Å². The van der Waals surface area contributed by atoms with E-state index < -0.39 is 0 Å². The first kappa shape index (κ1) is 24.2. The predicted molar refractivity (Wildman–Crippen MR) is 107 cm³/mol. The fourth-order valence-corrected chi connectivity index (χ4v) is 3.17. The van der Waals surface area contributed by atoms with Crippen molar-refractivity contribution in [2.24, 2.45) is 17.8 Å². The van der Waals surface area contributed by atoms with E-state index in [1.54, 1.807) is 6.08 Å². The molecule has 0 saturated carbocycles. The van der Waals surface area contributed by atoms with Gasteiger partial charge in [-0.1, -0.05) is 78.2 Å². The highest BCUT2D eigenvalue weighted by Crippen LogP contribution is 2.22. The summed E-state index contributed by atoms with van der Waals surface area (Å²) in [4.78, 5) is 11.4. The Bertz CT molecular complexity index is 360. The van der Waals surface area contributed by atoms with Crippen LogP contribution in [0.1, 0.15) is 92.4 Å². The predicted octanol–water partition coefficient (Wildman–Crippen LogP) is 5.91. The summed E-state index contributed by atoms with van der Waals surface area (Å²) < 4.78 is 4.84. The highest BCUT2D eigenvalue weighted by Gasteiger charge is 2.07. The maximum atomic E-state index is 11.4. The molecule has 0 unspecified atom stereocenters. The molecule has 0 aliphatic heterocycles. The van der Waals surface area contributed by atoms with Gasteiger partial charge in [0.1, 0.15) is 6.61 Å². The Hall–Kier alpha value is -0.830. The number of carbonyl (C=O) groups is 1. The van der Waals surface area contributed by atoms with Gasteiger partial charge in [-0.05, 0) is 37.5 Å². The Balaban J connectivity index is 3.71. The van der Waals surface area contributed by atoms with Gasteiger partial charge in [-0.25, -0.2) is 4.79 Å². The summed E-state index contributed by atoms with van der Waals surface area (Å²) >= 11 is 0. The number of ether oxygens (including phenoxy) is 1. The molecule has 3 heteroatoms. The molecule has 1 N–H and O–H groups in total. The maximum Gasteiger partial charge on any atom is 0.330 e. The lowest BCUT2D eigenvalue weighted by molar-refractivity contribution is -0.138. The van der Waals surface area contributed by atoms with Crippen molar-refractivity contribution in [1.82, 2.24) is 0 Å². The van der Waals surface area contributed by atoms with Crippen LogP contribution in [0, 0.1) is 17.8 Å². The van der Waals surface area contributed by atoms with Gasteiger partial charge < -0.3 is 9.84 Å². The molecular formula is C22H42O3. The summed E-state index contributed by atoms with van der Waals surface area (Å²) in [6.07, 6.45) is 13.0. The number of carbonyl (C=O) groups excluding carboxylic acids is 1. The second-order valence-corrected chi connectivity index (χ2v) is 8.24. The van der Waals surface area contributed by atoms with Crippen LogP contribution < -0.4 is 0 Å². The largest absolute Gasteiger partial charge is 0.460 e. The van der Waals surface area contributed by atoms with E-state index in [0.29, 0.717) is 0 Å². The van der Waals surface area contributed by atoms with Crippen molar-refractivity contribution in [3.05, 3.63) is 11.6 Å². The standard InChI is InChI=1S/C22H42O3/c1-18(2)9-6-10-19(3)11-7-12-20(4)13-8-14-21(5)17-22(24)25-16-15-23/h17-20,23H,6-16H2,1-5H3/b21-17+/t19-,20-/m1/s1. The van der Waals surface area contributed by atoms with E-state index in [-0.39, 0.29) is 19.2 Å². The second-order valence-electron chi connectivity index (χ2n) is 8.24. The highest BCUT2D eigenvalue weighted by molar-refractivity contribution is 5.82. The summed E-state index contributed by atoms with van der Waals surface area (Å²) in [5.41, 5.74) is 1.06. The highest BCUT2D eigenvalue weighted by atomic mass is 16.5. The van der Waals surface area contributed by atoms with Gasteiger partial charge in [0.15, 0.2) is 0 Å². The number of aliphatic hydroxyl groups excluding tert-OH is 1. The summed E-state index contributed by atoms with van der Waals surface area (Å²) in [6.45, 7) is 11.3. The molecule has 0 aromatic heterocycles. The van der Waals surface area contributed by atoms with Gasteiger partial charge >= 0.3 is 5.97 Å². The molecule has 0 fully saturated rings. The molecule has 0 bridgehead atoms. The van der Waals surface area contributed by atoms with Crippen molar-refractivity contribution >= 4 is 5.97 Å². The lowest BCUT2D eigenvalue weighted by atomic mass is 9.91. The van der Waals surface area contributed by atoms with Crippen LogP contribution in [0.2, 0.25) is 0 Å². The van der Waals surface area contributed by atoms with Crippen molar-refractivity contribution in [1.29, 1.82) is 0 Å². The molecule has 0 saturated heterocycles. The lowest BCUT2D eigenvalue weighted by Crippen LogP contribution is -2.06. The van der Waals surface area contributed by atoms with Crippen LogP contribution in [0.3, 0.4) is 0 Å². The number of allylic oxidation sites excluding steroid dienone is 1. The Kier molecular flexibility index (Phi) is 14.9. The van der Waals surface area contributed by atoms with Crippen LogP contribution in [0.5, 0.6) is 0 Å². The minimum atomic E-state index is -0.342. The van der Waals surface area contributed by atoms with E-state index in [0.717, 1.165) is 36.2 Å². The third-order valence-corrected chi connectivity index (χ3v) is 4.84. The molecule has 0 spiro atoms. The lowest BCUT2D eigenvalue weighted by Gasteiger charge is -2.15. The van der Waals surface area contributed by atoms with E-state index in [1.165, 1.54) is 44.9 Å². The molecule has 3 nitrogen and oxygen atoms in total. The van der Waals surface area contributed by atoms with Gasteiger partial charge in [0, 0.05) is 6.08 Å². The van der Waals surface area contributed by atoms with E-state index >= 15 is 0 Å². The minimum Gasteiger partial charge on any atom is -0.460 e. The summed E-state index contributed by atoms with van der Waals surface area (Å²) in [7, 11) is 0. The van der Waals surface area contributed by atoms with Crippen LogP contribution in [0.25, 0.3) is 0 Å². The SMILES string of the molecule is C/C(=C\C(=O)OCCO)CCC[C@H](C)CCC[C@H](C)CCCC(C)C. The van der Waals surface area contributed by atoms with Gasteiger partial charge in [0.2, 0.25) is 0 Å². The first-order valence-electron chi connectivity index (χ1n) is 10.3. The normalized spacial score (nSPS) is 14.6. The van der Waals surface area contributed by atoms with Crippen molar-refractivity contribution < 1.29 is 14.6 Å². The van der Waals surface area contributed by atoms with Gasteiger partial charge in [0.25, 0.3) is 0 Å². The number of hydrogen-bond donors (Lipinski definition) is 1. The molecule has 0 aliphatic rings. The zero-order chi connectivity index (χ0) is 19.1. The summed E-state index contributed by atoms with van der Waals surface area (Å²) in [5.74, 6) is 2.12. The van der Waals surface area contributed by atoms with Crippen molar-refractivity contribution in [2.45, 2.75) is 92.4 Å². The topological polar surface area (TPSA) is 46.5 Å². The van der Waals surface area contributed by atoms with E-state index in [4.69, 9.17) is 9.84 Å². The number of rotatable bonds is 15. The molecule has 25 heavy (non-hydrogen) atoms. The van der Waals surface area contributed by atoms with Crippen LogP contribution in [0.4, 0.5) is 0 Å². The van der Waals surface area contributed by atoms with Gasteiger partial charge in [-0.2, -0.15) is 0 Å². The zero-order valence-corrected chi connectivity index (χ0v) is 17.4. The van der Waals surface area contributed by atoms with E-state index in [2.05, 4.69) is 27.7 Å². The monoisotopic (exact) mass is 354 g/mol. The molecular weight excluding hydrogens is 312 g/mol. The average molecular weight is 355 g/mol. The van der Waals surface area contributed by atoms with E-state index in [9.17, 15) is 4.79 Å². The Morgan fingerprint density at radius 3 is 1.96 bits per heavy atom. The van der Waals surface area contributed by atoms with Crippen LogP contribution >= 0.6 is 0 Å². The van der Waals surface area contributed by atoms with Gasteiger partial charge in [0.05, 0.1) is 6.61 Å². The third kappa shape index (κ3) is 16.4. The second kappa shape index (κ2) is 15.4. The van der Waals surface area contributed by atoms with Crippen molar-refractivity contribution in [3.8, 4) is 0 Å². The van der Waals surface area contributed by atoms with Gasteiger partial charge in [-0.15, -0.1) is 0 Å². The quantitative estimate of drug-likeness (QED) is 0.294. The molecule has 148 valence electrons. The van der Waals surface area contributed by atoms with Crippen LogP contribution in [0.15, 0.2) is 11.6 Å². The molecule has 2 atom stereocenters. The maximum absolute atomic E-state index is 11.4. The molecule has 0 aromatic rings. The van der Waals surface area contributed by atoms with Crippen LogP contribution in [-0.4, -0.2) is 24.3 Å². The van der Waals surface area contributed by atoms with Crippen molar-refractivity contribution in [2.75, 3.05) is 13.2 Å². The fraction of sp³-hybridized carbons (Fsp3) is 0.864. The third-order valence-electron chi connectivity index (χ3n) is 4.84. The number of esters is 1. The molecule has 0 heterocycles. The first-order valence-corrected chi connectivity index (χ1v) is 10.3. The van der Waals surface area contributed by atoms with Gasteiger partial charge in [-0.3, -0.25) is 0 Å². The Morgan fingerprint density at radius 1 is 0.920 bits per heavy atom. The minimum absolute atomic E-state index is 0.0789. The molecule has 0 aromatic carbocycles. The van der Waals surface area contributed by atoms with Crippen LogP contribution in [-0.2, 0) is 9.53 Å². The molecule has 0 amide bonds. The number of hydrogen-bond acceptors (Lipinski definition) is 3. The Morgan fingerprint density at radius 2 is 1.44 bits per heavy atom.